The van der Waals surface area contributed by atoms with Crippen molar-refractivity contribution in [3.05, 3.63) is 59.3 Å². The molecule has 0 fully saturated rings. The lowest BCUT2D eigenvalue weighted by atomic mass is 10.0. The van der Waals surface area contributed by atoms with Crippen molar-refractivity contribution in [3.63, 3.8) is 0 Å². The molecule has 28 heavy (non-hydrogen) atoms. The zero-order valence-corrected chi connectivity index (χ0v) is 14.5. The Morgan fingerprint density at radius 3 is 2.57 bits per heavy atom. The number of hydrogen-bond donors (Lipinski definition) is 3. The summed E-state index contributed by atoms with van der Waals surface area (Å²) < 4.78 is 41.2. The highest BCUT2D eigenvalue weighted by molar-refractivity contribution is 6.05. The second kappa shape index (κ2) is 7.74. The molecule has 0 aliphatic carbocycles. The predicted octanol–water partition coefficient (Wildman–Crippen LogP) is 1.70. The number of fused-ring (bicyclic) bond motifs is 1. The van der Waals surface area contributed by atoms with E-state index in [9.17, 15) is 23.2 Å². The predicted molar refractivity (Wildman–Crippen MR) is 93.1 cm³/mol. The number of benzene rings is 1. The fourth-order valence-corrected chi connectivity index (χ4v) is 2.78. The molecule has 1 atom stereocenters. The highest BCUT2D eigenvalue weighted by Crippen LogP contribution is 2.30. The maximum atomic E-state index is 14.3. The van der Waals surface area contributed by atoms with Crippen molar-refractivity contribution in [2.75, 3.05) is 18.7 Å². The molecule has 1 amide bonds. The molecule has 0 unspecified atom stereocenters. The van der Waals surface area contributed by atoms with E-state index in [0.717, 1.165) is 6.33 Å². The molecule has 0 spiro atoms. The van der Waals surface area contributed by atoms with Gasteiger partial charge in [0.1, 0.15) is 23.2 Å². The normalized spacial score (nSPS) is 12.2. The van der Waals surface area contributed by atoms with Crippen LogP contribution in [-0.2, 0) is 0 Å². The fraction of sp³-hybridized carbons (Fsp3) is 0.176. The van der Waals surface area contributed by atoms with Gasteiger partial charge in [-0.3, -0.25) is 15.0 Å². The van der Waals surface area contributed by atoms with Crippen molar-refractivity contribution in [3.8, 4) is 0 Å². The number of rotatable bonds is 6. The number of likely N-dealkylation sites (N-methyl/N-ethyl adjacent to an activating group) is 1. The number of primary amides is 1. The number of aromatic nitrogens is 3. The standard InChI is InChI=1S/C17H15F3N6O2/c1-22-6-13(9-4-11(19)12(20)5-10(9)18)26(28)17-15-14(24-7-25-17)8(16(21)27)2-3-23-15/h2-5,7,13,22,28H,6H2,1H3,(H2,21,27)/t13-/m1/s1. The lowest BCUT2D eigenvalue weighted by Crippen LogP contribution is -2.34. The highest BCUT2D eigenvalue weighted by Gasteiger charge is 2.27. The Kier molecular flexibility index (Phi) is 5.38. The molecule has 0 saturated carbocycles. The summed E-state index contributed by atoms with van der Waals surface area (Å²) in [7, 11) is 1.53. The summed E-state index contributed by atoms with van der Waals surface area (Å²) in [6, 6.07) is 1.20. The smallest absolute Gasteiger partial charge is 0.251 e. The highest BCUT2D eigenvalue weighted by atomic mass is 19.2. The summed E-state index contributed by atoms with van der Waals surface area (Å²) in [6.45, 7) is -0.0561. The van der Waals surface area contributed by atoms with Gasteiger partial charge in [0.05, 0.1) is 11.6 Å². The maximum absolute atomic E-state index is 14.3. The first-order valence-corrected chi connectivity index (χ1v) is 8.01. The van der Waals surface area contributed by atoms with E-state index in [-0.39, 0.29) is 34.5 Å². The van der Waals surface area contributed by atoms with Crippen LogP contribution in [0.25, 0.3) is 11.0 Å². The number of anilines is 1. The molecular weight excluding hydrogens is 377 g/mol. The van der Waals surface area contributed by atoms with Crippen molar-refractivity contribution in [1.82, 2.24) is 20.3 Å². The molecule has 146 valence electrons. The van der Waals surface area contributed by atoms with E-state index in [1.165, 1.54) is 19.3 Å². The third-order valence-corrected chi connectivity index (χ3v) is 4.08. The molecule has 3 aromatic rings. The zero-order valence-electron chi connectivity index (χ0n) is 14.5. The van der Waals surface area contributed by atoms with Gasteiger partial charge in [0.2, 0.25) is 0 Å². The van der Waals surface area contributed by atoms with Gasteiger partial charge in [0, 0.05) is 24.4 Å². The van der Waals surface area contributed by atoms with Crippen LogP contribution in [0.4, 0.5) is 19.0 Å². The number of nitrogens with one attached hydrogen (secondary N) is 1. The van der Waals surface area contributed by atoms with Gasteiger partial charge in [-0.15, -0.1) is 0 Å². The molecule has 8 nitrogen and oxygen atoms in total. The zero-order chi connectivity index (χ0) is 20.4. The quantitative estimate of drug-likeness (QED) is 0.432. The number of hydroxylamine groups is 1. The molecule has 11 heteroatoms. The first-order chi connectivity index (χ1) is 13.3. The number of amides is 1. The van der Waals surface area contributed by atoms with E-state index in [2.05, 4.69) is 20.3 Å². The van der Waals surface area contributed by atoms with E-state index in [4.69, 9.17) is 5.73 Å². The average molecular weight is 392 g/mol. The summed E-state index contributed by atoms with van der Waals surface area (Å²) in [4.78, 5) is 23.5. The Morgan fingerprint density at radius 2 is 1.89 bits per heavy atom. The molecule has 0 radical (unpaired) electrons. The van der Waals surface area contributed by atoms with Gasteiger partial charge in [-0.25, -0.2) is 28.2 Å². The molecule has 0 aliphatic heterocycles. The van der Waals surface area contributed by atoms with Crippen LogP contribution < -0.4 is 16.1 Å². The third kappa shape index (κ3) is 3.44. The number of carbonyl (C=O) groups is 1. The molecule has 3 rings (SSSR count). The van der Waals surface area contributed by atoms with E-state index >= 15 is 0 Å². The van der Waals surface area contributed by atoms with E-state index in [1.807, 2.05) is 0 Å². The molecular formula is C17H15F3N6O2. The van der Waals surface area contributed by atoms with Gasteiger partial charge < -0.3 is 11.1 Å². The van der Waals surface area contributed by atoms with Crippen LogP contribution in [-0.4, -0.2) is 39.7 Å². The SMILES string of the molecule is CNC[C@H](c1cc(F)c(F)cc1F)N(O)c1ncnc2c(C(N)=O)ccnc12. The van der Waals surface area contributed by atoms with Crippen LogP contribution in [0, 0.1) is 17.5 Å². The maximum Gasteiger partial charge on any atom is 0.251 e. The first-order valence-electron chi connectivity index (χ1n) is 8.01. The third-order valence-electron chi connectivity index (χ3n) is 4.08. The Labute approximate surface area is 156 Å². The van der Waals surface area contributed by atoms with E-state index in [0.29, 0.717) is 17.2 Å². The average Bonchev–Trinajstić information content (AvgIpc) is 2.67. The topological polar surface area (TPSA) is 117 Å². The van der Waals surface area contributed by atoms with E-state index < -0.39 is 29.4 Å². The number of halogens is 3. The van der Waals surface area contributed by atoms with Crippen molar-refractivity contribution in [2.45, 2.75) is 6.04 Å². The van der Waals surface area contributed by atoms with Crippen molar-refractivity contribution in [1.29, 1.82) is 0 Å². The monoisotopic (exact) mass is 392 g/mol. The molecule has 2 heterocycles. The van der Waals surface area contributed by atoms with Gasteiger partial charge in [-0.05, 0) is 19.2 Å². The number of nitrogens with two attached hydrogens (primary N) is 1. The second-order valence-corrected chi connectivity index (χ2v) is 5.82. The van der Waals surface area contributed by atoms with Crippen molar-refractivity contribution in [2.24, 2.45) is 5.73 Å². The van der Waals surface area contributed by atoms with E-state index in [1.54, 1.807) is 0 Å². The molecule has 0 bridgehead atoms. The molecule has 0 saturated heterocycles. The summed E-state index contributed by atoms with van der Waals surface area (Å²) in [5.74, 6) is -4.61. The minimum Gasteiger partial charge on any atom is -0.366 e. The summed E-state index contributed by atoms with van der Waals surface area (Å²) in [5.41, 5.74) is 5.15. The number of carbonyl (C=O) groups excluding carboxylic acids is 1. The van der Waals surface area contributed by atoms with Crippen LogP contribution in [0.1, 0.15) is 22.0 Å². The largest absolute Gasteiger partial charge is 0.366 e. The molecule has 4 N–H and O–H groups in total. The van der Waals surface area contributed by atoms with Crippen LogP contribution in [0.3, 0.4) is 0 Å². The molecule has 2 aromatic heterocycles. The van der Waals surface area contributed by atoms with Gasteiger partial charge in [-0.2, -0.15) is 0 Å². The minimum atomic E-state index is -1.35. The Morgan fingerprint density at radius 1 is 1.18 bits per heavy atom. The summed E-state index contributed by atoms with van der Waals surface area (Å²) in [6.07, 6.45) is 2.33. The van der Waals surface area contributed by atoms with Crippen LogP contribution >= 0.6 is 0 Å². The van der Waals surface area contributed by atoms with Crippen LogP contribution in [0.2, 0.25) is 0 Å². The summed E-state index contributed by atoms with van der Waals surface area (Å²) in [5, 5.41) is 14.0. The van der Waals surface area contributed by atoms with Crippen molar-refractivity contribution >= 4 is 22.8 Å². The van der Waals surface area contributed by atoms with Gasteiger partial charge >= 0.3 is 0 Å². The Balaban J connectivity index is 2.15. The molecule has 0 aliphatic rings. The summed E-state index contributed by atoms with van der Waals surface area (Å²) >= 11 is 0. The molecule has 1 aromatic carbocycles. The van der Waals surface area contributed by atoms with Gasteiger partial charge in [0.15, 0.2) is 17.5 Å². The minimum absolute atomic E-state index is 0.0189. The Hall–Kier alpha value is -3.31. The van der Waals surface area contributed by atoms with Gasteiger partial charge in [-0.1, -0.05) is 0 Å². The fourth-order valence-electron chi connectivity index (χ4n) is 2.78. The van der Waals surface area contributed by atoms with Gasteiger partial charge in [0.25, 0.3) is 5.91 Å². The number of hydrogen-bond acceptors (Lipinski definition) is 7. The van der Waals surface area contributed by atoms with Crippen LogP contribution in [0.5, 0.6) is 0 Å². The van der Waals surface area contributed by atoms with Crippen molar-refractivity contribution < 1.29 is 23.2 Å². The number of nitrogens with zero attached hydrogens (tertiary/aromatic N) is 4. The Bertz CT molecular complexity index is 1050. The first kappa shape index (κ1) is 19.5. The lowest BCUT2D eigenvalue weighted by Gasteiger charge is -2.27. The lowest BCUT2D eigenvalue weighted by molar-refractivity contribution is 0.100. The number of pyridine rings is 1. The second-order valence-electron chi connectivity index (χ2n) is 5.82. The van der Waals surface area contributed by atoms with Crippen LogP contribution in [0.15, 0.2) is 30.7 Å².